The highest BCUT2D eigenvalue weighted by molar-refractivity contribution is 5.89. The molecule has 3 N–H and O–H groups in total. The molecule has 1 aliphatic carbocycles. The van der Waals surface area contributed by atoms with Crippen molar-refractivity contribution in [1.29, 1.82) is 0 Å². The fourth-order valence-electron chi connectivity index (χ4n) is 2.85. The van der Waals surface area contributed by atoms with Gasteiger partial charge in [0.15, 0.2) is 0 Å². The number of aliphatic hydroxyl groups excluding tert-OH is 1. The Morgan fingerprint density at radius 3 is 2.61 bits per heavy atom. The van der Waals surface area contributed by atoms with Gasteiger partial charge in [-0.1, -0.05) is 12.1 Å². The number of urea groups is 1. The van der Waals surface area contributed by atoms with Gasteiger partial charge in [0.05, 0.1) is 12.6 Å². The second kappa shape index (κ2) is 7.28. The lowest BCUT2D eigenvalue weighted by Gasteiger charge is -2.26. The summed E-state index contributed by atoms with van der Waals surface area (Å²) in [5, 5.41) is 19.5. The van der Waals surface area contributed by atoms with Crippen LogP contribution in [-0.4, -0.2) is 33.1 Å². The van der Waals surface area contributed by atoms with E-state index in [0.29, 0.717) is 6.54 Å². The highest BCUT2D eigenvalue weighted by Gasteiger charge is 2.20. The highest BCUT2D eigenvalue weighted by atomic mass is 16.3. The molecule has 1 aromatic carbocycles. The maximum absolute atomic E-state index is 12.0. The zero-order chi connectivity index (χ0) is 16.1. The lowest BCUT2D eigenvalue weighted by atomic mass is 9.93. The van der Waals surface area contributed by atoms with Crippen LogP contribution in [-0.2, 0) is 6.54 Å². The van der Waals surface area contributed by atoms with E-state index in [2.05, 4.69) is 15.7 Å². The summed E-state index contributed by atoms with van der Waals surface area (Å²) in [5.74, 6) is 0. The lowest BCUT2D eigenvalue weighted by molar-refractivity contribution is 0.118. The molecule has 0 saturated heterocycles. The second-order valence-electron chi connectivity index (χ2n) is 6.00. The number of hydrogen-bond donors (Lipinski definition) is 3. The Morgan fingerprint density at radius 2 is 1.96 bits per heavy atom. The van der Waals surface area contributed by atoms with Gasteiger partial charge in [-0.25, -0.2) is 4.79 Å². The summed E-state index contributed by atoms with van der Waals surface area (Å²) in [6.07, 6.45) is 6.64. The molecule has 6 heteroatoms. The second-order valence-corrected chi connectivity index (χ2v) is 6.00. The molecule has 0 radical (unpaired) electrons. The number of carbonyl (C=O) groups is 1. The van der Waals surface area contributed by atoms with Crippen molar-refractivity contribution in [3.05, 3.63) is 48.3 Å². The van der Waals surface area contributed by atoms with Gasteiger partial charge in [0.25, 0.3) is 0 Å². The molecule has 0 aliphatic heterocycles. The van der Waals surface area contributed by atoms with Gasteiger partial charge in [0, 0.05) is 24.1 Å². The zero-order valence-electron chi connectivity index (χ0n) is 13.0. The minimum absolute atomic E-state index is 0.150. The molecule has 0 unspecified atom stereocenters. The molecular weight excluding hydrogens is 292 g/mol. The van der Waals surface area contributed by atoms with Gasteiger partial charge >= 0.3 is 6.03 Å². The number of rotatable bonds is 4. The largest absolute Gasteiger partial charge is 0.393 e. The van der Waals surface area contributed by atoms with Gasteiger partial charge in [0.1, 0.15) is 0 Å². The zero-order valence-corrected chi connectivity index (χ0v) is 13.0. The minimum atomic E-state index is -0.210. The van der Waals surface area contributed by atoms with E-state index in [1.165, 1.54) is 0 Å². The average molecular weight is 314 g/mol. The first-order valence-electron chi connectivity index (χ1n) is 8.01. The predicted octanol–water partition coefficient (Wildman–Crippen LogP) is 2.36. The van der Waals surface area contributed by atoms with E-state index in [1.54, 1.807) is 6.20 Å². The fourth-order valence-corrected chi connectivity index (χ4v) is 2.85. The van der Waals surface area contributed by atoms with Crippen LogP contribution in [0.1, 0.15) is 31.2 Å². The topological polar surface area (TPSA) is 79.2 Å². The number of amides is 2. The molecule has 2 aromatic rings. The molecule has 0 bridgehead atoms. The van der Waals surface area contributed by atoms with Crippen LogP contribution in [0.3, 0.4) is 0 Å². The Hall–Kier alpha value is -2.34. The smallest absolute Gasteiger partial charge is 0.319 e. The summed E-state index contributed by atoms with van der Waals surface area (Å²) in [4.78, 5) is 12.0. The van der Waals surface area contributed by atoms with Crippen molar-refractivity contribution >= 4 is 11.7 Å². The van der Waals surface area contributed by atoms with Crippen LogP contribution >= 0.6 is 0 Å². The fraction of sp³-hybridized carbons (Fsp3) is 0.412. The van der Waals surface area contributed by atoms with Gasteiger partial charge < -0.3 is 15.7 Å². The van der Waals surface area contributed by atoms with Crippen molar-refractivity contribution in [1.82, 2.24) is 15.1 Å². The van der Waals surface area contributed by atoms with E-state index >= 15 is 0 Å². The lowest BCUT2D eigenvalue weighted by Crippen LogP contribution is -2.40. The quantitative estimate of drug-likeness (QED) is 0.810. The van der Waals surface area contributed by atoms with Gasteiger partial charge in [-0.2, -0.15) is 5.10 Å². The molecule has 1 heterocycles. The standard InChI is InChI=1S/C17H22N4O2/c22-16-8-6-15(7-9-16)20-17(23)19-14-4-2-13(3-5-14)12-21-11-1-10-18-21/h1-5,10-11,15-16,22H,6-9,12H2,(H2,19,20,23). The Bertz CT molecular complexity index is 617. The first-order chi connectivity index (χ1) is 11.2. The number of hydrogen-bond acceptors (Lipinski definition) is 3. The summed E-state index contributed by atoms with van der Waals surface area (Å²) in [6.45, 7) is 0.712. The Kier molecular flexibility index (Phi) is 4.92. The number of anilines is 1. The Morgan fingerprint density at radius 1 is 1.22 bits per heavy atom. The molecule has 1 aliphatic rings. The van der Waals surface area contributed by atoms with Crippen LogP contribution in [0.2, 0.25) is 0 Å². The van der Waals surface area contributed by atoms with Crippen LogP contribution in [0.15, 0.2) is 42.7 Å². The van der Waals surface area contributed by atoms with E-state index in [9.17, 15) is 9.90 Å². The maximum atomic E-state index is 12.0. The number of nitrogens with zero attached hydrogens (tertiary/aromatic N) is 2. The molecule has 1 fully saturated rings. The van der Waals surface area contributed by atoms with Crippen molar-refractivity contribution in [2.24, 2.45) is 0 Å². The number of aromatic nitrogens is 2. The summed E-state index contributed by atoms with van der Waals surface area (Å²) in [6, 6.07) is 9.60. The molecule has 23 heavy (non-hydrogen) atoms. The predicted molar refractivity (Wildman–Crippen MR) is 88.2 cm³/mol. The monoisotopic (exact) mass is 314 g/mol. The molecule has 1 aromatic heterocycles. The van der Waals surface area contributed by atoms with Crippen LogP contribution in [0.25, 0.3) is 0 Å². The first kappa shape index (κ1) is 15.6. The van der Waals surface area contributed by atoms with Gasteiger partial charge in [-0.3, -0.25) is 4.68 Å². The third kappa shape index (κ3) is 4.56. The van der Waals surface area contributed by atoms with Crippen LogP contribution in [0.5, 0.6) is 0 Å². The number of benzene rings is 1. The van der Waals surface area contributed by atoms with Gasteiger partial charge in [-0.05, 0) is 49.4 Å². The normalized spacial score (nSPS) is 20.9. The van der Waals surface area contributed by atoms with Crippen molar-refractivity contribution in [2.45, 2.75) is 44.4 Å². The van der Waals surface area contributed by atoms with Gasteiger partial charge in [-0.15, -0.1) is 0 Å². The van der Waals surface area contributed by atoms with Crippen LogP contribution < -0.4 is 10.6 Å². The van der Waals surface area contributed by atoms with E-state index in [4.69, 9.17) is 0 Å². The summed E-state index contributed by atoms with van der Waals surface area (Å²) < 4.78 is 1.85. The van der Waals surface area contributed by atoms with Crippen molar-refractivity contribution in [2.75, 3.05) is 5.32 Å². The molecule has 0 spiro atoms. The minimum Gasteiger partial charge on any atom is -0.393 e. The first-order valence-corrected chi connectivity index (χ1v) is 8.01. The van der Waals surface area contributed by atoms with Crippen molar-refractivity contribution in [3.63, 3.8) is 0 Å². The average Bonchev–Trinajstić information content (AvgIpc) is 3.04. The van der Waals surface area contributed by atoms with Crippen molar-refractivity contribution in [3.8, 4) is 0 Å². The number of aliphatic hydroxyl groups is 1. The maximum Gasteiger partial charge on any atom is 0.319 e. The van der Waals surface area contributed by atoms with E-state index < -0.39 is 0 Å². The molecular formula is C17H22N4O2. The summed E-state index contributed by atoms with van der Waals surface area (Å²) in [5.41, 5.74) is 1.89. The van der Waals surface area contributed by atoms with E-state index in [0.717, 1.165) is 36.9 Å². The third-order valence-electron chi connectivity index (χ3n) is 4.15. The van der Waals surface area contributed by atoms with E-state index in [-0.39, 0.29) is 18.2 Å². The van der Waals surface area contributed by atoms with Crippen molar-refractivity contribution < 1.29 is 9.90 Å². The molecule has 1 saturated carbocycles. The molecule has 3 rings (SSSR count). The Balaban J connectivity index is 1.48. The van der Waals surface area contributed by atoms with E-state index in [1.807, 2.05) is 41.2 Å². The number of carbonyl (C=O) groups excluding carboxylic acids is 1. The molecule has 0 atom stereocenters. The molecule has 2 amide bonds. The van der Waals surface area contributed by atoms with Crippen LogP contribution in [0.4, 0.5) is 10.5 Å². The molecule has 6 nitrogen and oxygen atoms in total. The highest BCUT2D eigenvalue weighted by Crippen LogP contribution is 2.18. The van der Waals surface area contributed by atoms with Gasteiger partial charge in [0.2, 0.25) is 0 Å². The summed E-state index contributed by atoms with van der Waals surface area (Å²) >= 11 is 0. The molecule has 122 valence electrons. The SMILES string of the molecule is O=C(Nc1ccc(Cn2cccn2)cc1)NC1CCC(O)CC1. The third-order valence-corrected chi connectivity index (χ3v) is 4.15. The number of nitrogens with one attached hydrogen (secondary N) is 2. The Labute approximate surface area is 135 Å². The summed E-state index contributed by atoms with van der Waals surface area (Å²) in [7, 11) is 0. The van der Waals surface area contributed by atoms with Crippen LogP contribution in [0, 0.1) is 0 Å².